The number of nitrogens with zero attached hydrogens (tertiary/aromatic N) is 4. The summed E-state index contributed by atoms with van der Waals surface area (Å²) in [6.45, 7) is -0.493. The quantitative estimate of drug-likeness (QED) is 0.213. The zero-order valence-corrected chi connectivity index (χ0v) is 19.5. The van der Waals surface area contributed by atoms with Crippen LogP contribution < -0.4 is 80.8 Å². The van der Waals surface area contributed by atoms with E-state index in [-0.39, 0.29) is 84.1 Å². The number of likely N-dealkylation sites (N-methyl/N-ethyl adjacent to an activating group) is 2. The van der Waals surface area contributed by atoms with Gasteiger partial charge in [0.25, 0.3) is 0 Å². The first-order chi connectivity index (χ1) is 9.15. The standard InChI is InChI=1S/2C4H10N3O2P.2Na/c2*1-7(2-3(8)9)4(5)6-10;;/h2*2,10H2,1H3,(H2,5,6)(H,8,9);;/q;;2*+1/p-2. The van der Waals surface area contributed by atoms with E-state index in [1.807, 2.05) is 18.8 Å². The minimum Gasteiger partial charge on any atom is -0.548 e. The second-order valence-corrected chi connectivity index (χ2v) is 3.95. The Morgan fingerprint density at radius 3 is 1.27 bits per heavy atom. The van der Waals surface area contributed by atoms with Crippen LogP contribution in [0.1, 0.15) is 0 Å². The van der Waals surface area contributed by atoms with Crippen LogP contribution in [-0.2, 0) is 9.59 Å². The van der Waals surface area contributed by atoms with Gasteiger partial charge in [0.1, 0.15) is 0 Å². The molecule has 0 radical (unpaired) electrons. The van der Waals surface area contributed by atoms with E-state index < -0.39 is 11.9 Å². The summed E-state index contributed by atoms with van der Waals surface area (Å²) >= 11 is 0. The Bertz CT molecular complexity index is 363. The molecule has 0 aliphatic heterocycles. The molecule has 0 rings (SSSR count). The third kappa shape index (κ3) is 18.4. The summed E-state index contributed by atoms with van der Waals surface area (Å²) in [5, 5.41) is 19.9. The van der Waals surface area contributed by atoms with E-state index in [9.17, 15) is 19.8 Å². The van der Waals surface area contributed by atoms with Crippen molar-refractivity contribution in [2.24, 2.45) is 21.0 Å². The molecule has 10 nitrogen and oxygen atoms in total. The monoisotopic (exact) mass is 370 g/mol. The van der Waals surface area contributed by atoms with Crippen LogP contribution in [0.4, 0.5) is 0 Å². The van der Waals surface area contributed by atoms with Crippen LogP contribution in [0.5, 0.6) is 0 Å². The summed E-state index contributed by atoms with van der Waals surface area (Å²) in [5.41, 5.74) is 10.5. The summed E-state index contributed by atoms with van der Waals surface area (Å²) in [7, 11) is 7.09. The fourth-order valence-electron chi connectivity index (χ4n) is 0.746. The Morgan fingerprint density at radius 1 is 0.909 bits per heavy atom. The summed E-state index contributed by atoms with van der Waals surface area (Å²) < 4.78 is 6.97. The van der Waals surface area contributed by atoms with Gasteiger partial charge in [0, 0.05) is 14.1 Å². The van der Waals surface area contributed by atoms with Crippen molar-refractivity contribution in [3.63, 3.8) is 0 Å². The van der Waals surface area contributed by atoms with Gasteiger partial charge in [-0.3, -0.25) is 0 Å². The minimum atomic E-state index is -1.18. The maximum Gasteiger partial charge on any atom is 1.00 e. The number of carbonyl (C=O) groups is 2. The molecule has 0 spiro atoms. The van der Waals surface area contributed by atoms with E-state index in [1.54, 1.807) is 0 Å². The fraction of sp³-hybridized carbons (Fsp3) is 0.500. The van der Waals surface area contributed by atoms with Gasteiger partial charge in [-0.25, -0.2) is 9.53 Å². The van der Waals surface area contributed by atoms with Crippen LogP contribution in [0.25, 0.3) is 0 Å². The molecule has 2 atom stereocenters. The zero-order chi connectivity index (χ0) is 16.3. The summed E-state index contributed by atoms with van der Waals surface area (Å²) in [6.07, 6.45) is 0. The first-order valence-corrected chi connectivity index (χ1v) is 6.07. The summed E-state index contributed by atoms with van der Waals surface area (Å²) in [4.78, 5) is 22.5. The van der Waals surface area contributed by atoms with Crippen molar-refractivity contribution in [1.29, 1.82) is 0 Å². The van der Waals surface area contributed by atoms with E-state index in [2.05, 4.69) is 9.53 Å². The fourth-order valence-corrected chi connectivity index (χ4v) is 1.14. The van der Waals surface area contributed by atoms with E-state index in [4.69, 9.17) is 11.5 Å². The normalized spacial score (nSPS) is 10.2. The molecule has 0 aliphatic rings. The van der Waals surface area contributed by atoms with Crippen LogP contribution in [0, 0.1) is 0 Å². The predicted octanol–water partition coefficient (Wildman–Crippen LogP) is -10.4. The third-order valence-corrected chi connectivity index (χ3v) is 2.31. The molecule has 4 N–H and O–H groups in total. The Kier molecular flexibility index (Phi) is 24.3. The van der Waals surface area contributed by atoms with E-state index in [0.717, 1.165) is 0 Å². The van der Waals surface area contributed by atoms with Gasteiger partial charge in [0.05, 0.1) is 25.0 Å². The number of guanidine groups is 2. The molecule has 0 saturated carbocycles. The molecule has 116 valence electrons. The van der Waals surface area contributed by atoms with Crippen LogP contribution in [0.15, 0.2) is 9.53 Å². The van der Waals surface area contributed by atoms with Gasteiger partial charge in [-0.2, -0.15) is 0 Å². The Balaban J connectivity index is -0.000000135. The van der Waals surface area contributed by atoms with Gasteiger partial charge < -0.3 is 41.1 Å². The van der Waals surface area contributed by atoms with Gasteiger partial charge in [0.2, 0.25) is 0 Å². The van der Waals surface area contributed by atoms with Gasteiger partial charge in [-0.15, -0.1) is 0 Å². The van der Waals surface area contributed by atoms with Crippen molar-refractivity contribution < 1.29 is 78.9 Å². The molecule has 0 heterocycles. The molecule has 0 saturated heterocycles. The molecule has 0 amide bonds. The summed E-state index contributed by atoms with van der Waals surface area (Å²) in [6, 6.07) is 0. The molecule has 2 unspecified atom stereocenters. The largest absolute Gasteiger partial charge is 1.00 e. The van der Waals surface area contributed by atoms with E-state index >= 15 is 0 Å². The van der Waals surface area contributed by atoms with Crippen LogP contribution in [0.2, 0.25) is 0 Å². The number of aliphatic carboxylic acids is 2. The van der Waals surface area contributed by atoms with E-state index in [0.29, 0.717) is 0 Å². The van der Waals surface area contributed by atoms with Crippen molar-refractivity contribution in [3.8, 4) is 0 Å². The molecule has 0 aromatic carbocycles. The van der Waals surface area contributed by atoms with Gasteiger partial charge in [-0.1, -0.05) is 0 Å². The maximum absolute atomic E-state index is 9.96. The average Bonchev–Trinajstić information content (AvgIpc) is 2.35. The average molecular weight is 370 g/mol. The van der Waals surface area contributed by atoms with Gasteiger partial charge >= 0.3 is 59.1 Å². The minimum absolute atomic E-state index is 0. The van der Waals surface area contributed by atoms with Crippen LogP contribution >= 0.6 is 18.8 Å². The first-order valence-electron chi connectivity index (χ1n) is 5.04. The molecule has 0 aromatic heterocycles. The van der Waals surface area contributed by atoms with Crippen molar-refractivity contribution in [1.82, 2.24) is 9.80 Å². The van der Waals surface area contributed by atoms with Gasteiger partial charge in [-0.05, 0) is 18.8 Å². The number of hydrogen-bond acceptors (Lipinski definition) is 6. The molecule has 14 heteroatoms. The van der Waals surface area contributed by atoms with Crippen molar-refractivity contribution >= 4 is 42.6 Å². The molecular weight excluding hydrogens is 352 g/mol. The second-order valence-electron chi connectivity index (χ2n) is 3.43. The topological polar surface area (TPSA) is 164 Å². The molecular formula is C8H18N6Na2O4P2. The Labute approximate surface area is 178 Å². The summed E-state index contributed by atoms with van der Waals surface area (Å²) in [5.74, 6) is -2.07. The SMILES string of the molecule is CN(CC(=O)[O-])/C(N)=N\P.CN(CC(=O)[O-])/C(N)=N\P.[Na+].[Na+]. The third-order valence-electron chi connectivity index (χ3n) is 1.78. The molecule has 22 heavy (non-hydrogen) atoms. The van der Waals surface area contributed by atoms with Crippen molar-refractivity contribution in [2.75, 3.05) is 27.2 Å². The number of carboxylic acids is 2. The van der Waals surface area contributed by atoms with E-state index in [1.165, 1.54) is 23.9 Å². The van der Waals surface area contributed by atoms with Crippen molar-refractivity contribution in [2.45, 2.75) is 0 Å². The number of rotatable bonds is 4. The number of hydrogen-bond donors (Lipinski definition) is 2. The smallest absolute Gasteiger partial charge is 0.548 e. The zero-order valence-electron chi connectivity index (χ0n) is 13.1. The first kappa shape index (κ1) is 30.2. The predicted molar refractivity (Wildman–Crippen MR) is 77.9 cm³/mol. The van der Waals surface area contributed by atoms with Gasteiger partial charge in [0.15, 0.2) is 11.9 Å². The Hall–Kier alpha value is 0.340. The Morgan fingerprint density at radius 2 is 1.14 bits per heavy atom. The molecule has 0 fully saturated rings. The van der Waals surface area contributed by atoms with Crippen molar-refractivity contribution in [3.05, 3.63) is 0 Å². The number of carboxylic acid groups (broad SMARTS) is 2. The molecule has 0 aliphatic carbocycles. The maximum atomic E-state index is 9.96. The van der Waals surface area contributed by atoms with Crippen LogP contribution in [0.3, 0.4) is 0 Å². The number of nitrogens with two attached hydrogens (primary N) is 2. The molecule has 0 bridgehead atoms. The molecule has 0 aromatic rings. The number of carbonyl (C=O) groups excluding carboxylic acids is 2. The second kappa shape index (κ2) is 17.7. The van der Waals surface area contributed by atoms with Crippen LogP contribution in [-0.4, -0.2) is 60.8 Å².